The average molecular weight is 268 g/mol. The molecule has 1 aromatic rings. The number of likely N-dealkylation sites (N-methyl/N-ethyl adjacent to an activating group) is 1. The smallest absolute Gasteiger partial charge is 0.0178 e. The molecule has 0 saturated carbocycles. The number of rotatable bonds is 6. The van der Waals surface area contributed by atoms with Crippen LogP contribution >= 0.6 is 15.9 Å². The van der Waals surface area contributed by atoms with Gasteiger partial charge in [-0.15, -0.1) is 6.58 Å². The minimum absolute atomic E-state index is 0.502. The van der Waals surface area contributed by atoms with Crippen molar-refractivity contribution in [3.8, 4) is 0 Å². The molecule has 0 fully saturated rings. The van der Waals surface area contributed by atoms with Crippen LogP contribution in [0.5, 0.6) is 0 Å². The summed E-state index contributed by atoms with van der Waals surface area (Å²) in [4.78, 5) is 0. The predicted molar refractivity (Wildman–Crippen MR) is 70.1 cm³/mol. The van der Waals surface area contributed by atoms with Crippen LogP contribution in [0.15, 0.2) is 41.4 Å². The molecular formula is C13H18BrN. The molecule has 1 nitrogen and oxygen atoms in total. The van der Waals surface area contributed by atoms with E-state index in [4.69, 9.17) is 0 Å². The lowest BCUT2D eigenvalue weighted by Crippen LogP contribution is -2.30. The Hall–Kier alpha value is -0.600. The van der Waals surface area contributed by atoms with Gasteiger partial charge in [-0.1, -0.05) is 41.1 Å². The molecule has 0 aliphatic rings. The Bertz CT molecular complexity index is 309. The predicted octanol–water partition coefficient (Wildman–Crippen LogP) is 3.55. The third kappa shape index (κ3) is 4.63. The standard InChI is InChI=1S/C13H18BrN/c1-3-6-13(15-4-2)10-11-7-5-8-12(14)9-11/h3,5,7-9,13,15H,1,4,6,10H2,2H3. The van der Waals surface area contributed by atoms with Gasteiger partial charge in [-0.2, -0.15) is 0 Å². The summed E-state index contributed by atoms with van der Waals surface area (Å²) < 4.78 is 1.15. The molecule has 82 valence electrons. The van der Waals surface area contributed by atoms with Crippen LogP contribution in [0.4, 0.5) is 0 Å². The van der Waals surface area contributed by atoms with Crippen molar-refractivity contribution >= 4 is 15.9 Å². The second-order valence-electron chi connectivity index (χ2n) is 3.61. The molecule has 1 aromatic carbocycles. The van der Waals surface area contributed by atoms with Crippen LogP contribution < -0.4 is 5.32 Å². The summed E-state index contributed by atoms with van der Waals surface area (Å²) >= 11 is 3.49. The molecule has 0 aliphatic carbocycles. The Kier molecular flexibility index (Phi) is 5.66. The van der Waals surface area contributed by atoms with Crippen LogP contribution in [0.2, 0.25) is 0 Å². The molecule has 15 heavy (non-hydrogen) atoms. The van der Waals surface area contributed by atoms with Crippen molar-refractivity contribution in [1.29, 1.82) is 0 Å². The number of nitrogens with one attached hydrogen (secondary N) is 1. The highest BCUT2D eigenvalue weighted by Crippen LogP contribution is 2.14. The molecular weight excluding hydrogens is 250 g/mol. The number of benzene rings is 1. The Morgan fingerprint density at radius 1 is 1.53 bits per heavy atom. The van der Waals surface area contributed by atoms with Gasteiger partial charge in [0.1, 0.15) is 0 Å². The van der Waals surface area contributed by atoms with E-state index in [1.165, 1.54) is 5.56 Å². The van der Waals surface area contributed by atoms with Crippen molar-refractivity contribution in [2.24, 2.45) is 0 Å². The van der Waals surface area contributed by atoms with Crippen LogP contribution in [-0.4, -0.2) is 12.6 Å². The summed E-state index contributed by atoms with van der Waals surface area (Å²) in [6.07, 6.45) is 4.05. The fraction of sp³-hybridized carbons (Fsp3) is 0.385. The zero-order valence-electron chi connectivity index (χ0n) is 9.17. The summed E-state index contributed by atoms with van der Waals surface area (Å²) in [5.74, 6) is 0. The van der Waals surface area contributed by atoms with E-state index in [0.717, 1.165) is 23.9 Å². The highest BCUT2D eigenvalue weighted by Gasteiger charge is 2.06. The lowest BCUT2D eigenvalue weighted by atomic mass is 10.0. The van der Waals surface area contributed by atoms with Gasteiger partial charge in [-0.25, -0.2) is 0 Å². The van der Waals surface area contributed by atoms with Gasteiger partial charge in [0.05, 0.1) is 0 Å². The molecule has 0 spiro atoms. The summed E-state index contributed by atoms with van der Waals surface area (Å²) in [5, 5.41) is 3.46. The monoisotopic (exact) mass is 267 g/mol. The summed E-state index contributed by atoms with van der Waals surface area (Å²) in [7, 11) is 0. The van der Waals surface area contributed by atoms with Crippen LogP contribution in [-0.2, 0) is 6.42 Å². The van der Waals surface area contributed by atoms with Crippen molar-refractivity contribution in [1.82, 2.24) is 5.32 Å². The topological polar surface area (TPSA) is 12.0 Å². The van der Waals surface area contributed by atoms with E-state index in [9.17, 15) is 0 Å². The minimum Gasteiger partial charge on any atom is -0.314 e. The van der Waals surface area contributed by atoms with Crippen LogP contribution in [0.25, 0.3) is 0 Å². The lowest BCUT2D eigenvalue weighted by Gasteiger charge is -2.16. The zero-order valence-corrected chi connectivity index (χ0v) is 10.8. The van der Waals surface area contributed by atoms with E-state index in [1.807, 2.05) is 6.08 Å². The van der Waals surface area contributed by atoms with Gasteiger partial charge in [-0.3, -0.25) is 0 Å². The van der Waals surface area contributed by atoms with Gasteiger partial charge in [0.25, 0.3) is 0 Å². The third-order valence-corrected chi connectivity index (χ3v) is 2.81. The molecule has 0 saturated heterocycles. The Morgan fingerprint density at radius 3 is 2.93 bits per heavy atom. The van der Waals surface area contributed by atoms with Crippen molar-refractivity contribution in [3.63, 3.8) is 0 Å². The third-order valence-electron chi connectivity index (χ3n) is 2.32. The van der Waals surface area contributed by atoms with Gasteiger partial charge in [0, 0.05) is 10.5 Å². The summed E-state index contributed by atoms with van der Waals surface area (Å²) in [6, 6.07) is 8.98. The first-order valence-corrected chi connectivity index (χ1v) is 6.14. The van der Waals surface area contributed by atoms with Crippen molar-refractivity contribution < 1.29 is 0 Å². The van der Waals surface area contributed by atoms with Gasteiger partial charge in [-0.05, 0) is 37.1 Å². The molecule has 0 radical (unpaired) electrons. The number of hydrogen-bond donors (Lipinski definition) is 1. The highest BCUT2D eigenvalue weighted by atomic mass is 79.9. The van der Waals surface area contributed by atoms with Crippen LogP contribution in [0.3, 0.4) is 0 Å². The Balaban J connectivity index is 2.60. The zero-order chi connectivity index (χ0) is 11.1. The molecule has 1 unspecified atom stereocenters. The summed E-state index contributed by atoms with van der Waals surface area (Å²) in [5.41, 5.74) is 1.36. The van der Waals surface area contributed by atoms with Crippen molar-refractivity contribution in [2.45, 2.75) is 25.8 Å². The van der Waals surface area contributed by atoms with E-state index in [1.54, 1.807) is 0 Å². The first kappa shape index (κ1) is 12.5. The van der Waals surface area contributed by atoms with Crippen molar-refractivity contribution in [3.05, 3.63) is 47.0 Å². The summed E-state index contributed by atoms with van der Waals surface area (Å²) in [6.45, 7) is 6.94. The second kappa shape index (κ2) is 6.81. The van der Waals surface area contributed by atoms with Gasteiger partial charge in [0.15, 0.2) is 0 Å². The van der Waals surface area contributed by atoms with Crippen molar-refractivity contribution in [2.75, 3.05) is 6.54 Å². The second-order valence-corrected chi connectivity index (χ2v) is 4.53. The fourth-order valence-corrected chi connectivity index (χ4v) is 2.12. The van der Waals surface area contributed by atoms with E-state index in [2.05, 4.69) is 59.0 Å². The molecule has 1 rings (SSSR count). The molecule has 1 atom stereocenters. The molecule has 0 aliphatic heterocycles. The highest BCUT2D eigenvalue weighted by molar-refractivity contribution is 9.10. The largest absolute Gasteiger partial charge is 0.314 e. The quantitative estimate of drug-likeness (QED) is 0.778. The molecule has 1 N–H and O–H groups in total. The fourth-order valence-electron chi connectivity index (χ4n) is 1.68. The van der Waals surface area contributed by atoms with E-state index >= 15 is 0 Å². The first-order valence-electron chi connectivity index (χ1n) is 5.35. The van der Waals surface area contributed by atoms with Gasteiger partial charge in [0.2, 0.25) is 0 Å². The Morgan fingerprint density at radius 2 is 2.33 bits per heavy atom. The number of hydrogen-bond acceptors (Lipinski definition) is 1. The Labute approximate surface area is 101 Å². The van der Waals surface area contributed by atoms with Gasteiger partial charge >= 0.3 is 0 Å². The normalized spacial score (nSPS) is 12.4. The molecule has 0 heterocycles. The van der Waals surface area contributed by atoms with E-state index in [0.29, 0.717) is 6.04 Å². The molecule has 2 heteroatoms. The number of halogens is 1. The van der Waals surface area contributed by atoms with E-state index in [-0.39, 0.29) is 0 Å². The molecule has 0 amide bonds. The van der Waals surface area contributed by atoms with E-state index < -0.39 is 0 Å². The SMILES string of the molecule is C=CCC(Cc1cccc(Br)c1)NCC. The lowest BCUT2D eigenvalue weighted by molar-refractivity contribution is 0.529. The maximum absolute atomic E-state index is 3.79. The maximum Gasteiger partial charge on any atom is 0.0178 e. The maximum atomic E-state index is 3.79. The molecule has 0 bridgehead atoms. The minimum atomic E-state index is 0.502. The van der Waals surface area contributed by atoms with Gasteiger partial charge < -0.3 is 5.32 Å². The average Bonchev–Trinajstić information content (AvgIpc) is 2.18. The van der Waals surface area contributed by atoms with Crippen LogP contribution in [0.1, 0.15) is 18.9 Å². The molecule has 0 aromatic heterocycles. The first-order chi connectivity index (χ1) is 7.26. The van der Waals surface area contributed by atoms with Crippen LogP contribution in [0, 0.1) is 0 Å².